The van der Waals surface area contributed by atoms with Crippen LogP contribution in [0.1, 0.15) is 36.5 Å². The molecule has 2 aromatic rings. The number of fused-ring (bicyclic) bond motifs is 2. The van der Waals surface area contributed by atoms with E-state index < -0.39 is 6.10 Å². The van der Waals surface area contributed by atoms with E-state index in [9.17, 15) is 9.90 Å². The minimum atomic E-state index is -0.722. The van der Waals surface area contributed by atoms with Gasteiger partial charge < -0.3 is 29.1 Å². The van der Waals surface area contributed by atoms with E-state index in [0.29, 0.717) is 56.8 Å². The van der Waals surface area contributed by atoms with Crippen molar-refractivity contribution >= 4 is 11.6 Å². The summed E-state index contributed by atoms with van der Waals surface area (Å²) >= 11 is 0. The summed E-state index contributed by atoms with van der Waals surface area (Å²) in [6.07, 6.45) is 1.88. The predicted octanol–water partition coefficient (Wildman–Crippen LogP) is 2.90. The highest BCUT2D eigenvalue weighted by Gasteiger charge is 2.34. The zero-order chi connectivity index (χ0) is 21.4. The molecule has 0 aromatic heterocycles. The normalized spacial score (nSPS) is 19.4. The third-order valence-corrected chi connectivity index (χ3v) is 6.22. The highest BCUT2D eigenvalue weighted by Crippen LogP contribution is 2.36. The zero-order valence-electron chi connectivity index (χ0n) is 17.8. The van der Waals surface area contributed by atoms with Crippen LogP contribution in [0.5, 0.6) is 17.2 Å². The van der Waals surface area contributed by atoms with Crippen LogP contribution in [-0.4, -0.2) is 55.4 Å². The Morgan fingerprint density at radius 2 is 1.94 bits per heavy atom. The number of benzene rings is 2. The van der Waals surface area contributed by atoms with Gasteiger partial charge in [0, 0.05) is 37.8 Å². The smallest absolute Gasteiger partial charge is 0.224 e. The molecule has 0 saturated heterocycles. The lowest BCUT2D eigenvalue weighted by Gasteiger charge is -2.35. The van der Waals surface area contributed by atoms with Crippen molar-refractivity contribution in [3.8, 4) is 17.2 Å². The third-order valence-electron chi connectivity index (χ3n) is 6.22. The standard InChI is InChI=1S/C24H28N2O5/c1-29-19-5-6-20-17(12-19)14-26(18-3-4-18)24(28)8-9-25(20)15-21(27)16-2-7-22-23(13-16)31-11-10-30-22/h2,5-7,12-13,18,21,27H,3-4,8-11,14-15H2,1H3. The Kier molecular flexibility index (Phi) is 5.36. The van der Waals surface area contributed by atoms with Gasteiger partial charge in [-0.2, -0.15) is 0 Å². The number of rotatable bonds is 5. The van der Waals surface area contributed by atoms with E-state index in [2.05, 4.69) is 4.90 Å². The maximum Gasteiger partial charge on any atom is 0.224 e. The molecule has 2 aromatic carbocycles. The lowest BCUT2D eigenvalue weighted by Crippen LogP contribution is -2.40. The van der Waals surface area contributed by atoms with Crippen molar-refractivity contribution in [2.75, 3.05) is 38.3 Å². The van der Waals surface area contributed by atoms with Crippen LogP contribution in [0.4, 0.5) is 5.69 Å². The largest absolute Gasteiger partial charge is 0.497 e. The number of amides is 1. The molecule has 1 fully saturated rings. The molecule has 31 heavy (non-hydrogen) atoms. The molecule has 1 aliphatic carbocycles. The summed E-state index contributed by atoms with van der Waals surface area (Å²) in [4.78, 5) is 17.0. The van der Waals surface area contributed by atoms with Crippen LogP contribution in [0, 0.1) is 0 Å². The van der Waals surface area contributed by atoms with E-state index in [4.69, 9.17) is 14.2 Å². The summed E-state index contributed by atoms with van der Waals surface area (Å²) in [5.74, 6) is 2.32. The van der Waals surface area contributed by atoms with Gasteiger partial charge >= 0.3 is 0 Å². The molecule has 2 aliphatic heterocycles. The van der Waals surface area contributed by atoms with Crippen molar-refractivity contribution in [1.82, 2.24) is 4.90 Å². The fourth-order valence-corrected chi connectivity index (χ4v) is 4.38. The average Bonchev–Trinajstić information content (AvgIpc) is 3.63. The van der Waals surface area contributed by atoms with E-state index >= 15 is 0 Å². The number of β-amino-alcohol motifs (C(OH)–C–C–N with tert-alkyl or cyclic N) is 1. The molecule has 7 heteroatoms. The summed E-state index contributed by atoms with van der Waals surface area (Å²) in [5.41, 5.74) is 2.86. The maximum atomic E-state index is 12.8. The second kappa shape index (κ2) is 8.30. The van der Waals surface area contributed by atoms with E-state index in [1.165, 1.54) is 0 Å². The van der Waals surface area contributed by atoms with Crippen molar-refractivity contribution in [2.45, 2.75) is 38.0 Å². The summed E-state index contributed by atoms with van der Waals surface area (Å²) in [5, 5.41) is 11.0. The van der Waals surface area contributed by atoms with E-state index in [-0.39, 0.29) is 5.91 Å². The first kappa shape index (κ1) is 20.0. The molecule has 2 heterocycles. The Balaban J connectivity index is 1.41. The number of aliphatic hydroxyl groups excluding tert-OH is 1. The van der Waals surface area contributed by atoms with Crippen LogP contribution >= 0.6 is 0 Å². The second-order valence-electron chi connectivity index (χ2n) is 8.36. The number of nitrogens with zero attached hydrogens (tertiary/aromatic N) is 2. The molecule has 3 aliphatic rings. The molecule has 0 radical (unpaired) electrons. The number of hydrogen-bond acceptors (Lipinski definition) is 6. The van der Waals surface area contributed by atoms with Gasteiger partial charge in [0.2, 0.25) is 5.91 Å². The number of carbonyl (C=O) groups is 1. The molecule has 1 unspecified atom stereocenters. The molecular formula is C24H28N2O5. The molecule has 0 spiro atoms. The lowest BCUT2D eigenvalue weighted by molar-refractivity contribution is -0.132. The summed E-state index contributed by atoms with van der Waals surface area (Å²) in [7, 11) is 1.65. The zero-order valence-corrected chi connectivity index (χ0v) is 17.8. The molecule has 1 saturated carbocycles. The Morgan fingerprint density at radius 3 is 2.71 bits per heavy atom. The van der Waals surface area contributed by atoms with Crippen molar-refractivity contribution in [3.05, 3.63) is 47.5 Å². The van der Waals surface area contributed by atoms with Gasteiger partial charge in [0.1, 0.15) is 19.0 Å². The number of hydrogen-bond donors (Lipinski definition) is 1. The molecular weight excluding hydrogens is 396 g/mol. The fourth-order valence-electron chi connectivity index (χ4n) is 4.38. The predicted molar refractivity (Wildman–Crippen MR) is 116 cm³/mol. The SMILES string of the molecule is COc1ccc2c(c1)CN(C1CC1)C(=O)CCN2CC(O)c1ccc2c(c1)OCCO2. The van der Waals surface area contributed by atoms with Gasteiger partial charge in [0.05, 0.1) is 13.2 Å². The molecule has 1 amide bonds. The molecule has 1 N–H and O–H groups in total. The van der Waals surface area contributed by atoms with Crippen molar-refractivity contribution in [2.24, 2.45) is 0 Å². The molecule has 164 valence electrons. The third kappa shape index (κ3) is 4.14. The van der Waals surface area contributed by atoms with Gasteiger partial charge in [-0.1, -0.05) is 6.07 Å². The first-order valence-electron chi connectivity index (χ1n) is 10.9. The van der Waals surface area contributed by atoms with Crippen LogP contribution in [0.3, 0.4) is 0 Å². The van der Waals surface area contributed by atoms with Crippen LogP contribution in [-0.2, 0) is 11.3 Å². The Bertz CT molecular complexity index is 974. The van der Waals surface area contributed by atoms with Gasteiger partial charge in [0.25, 0.3) is 0 Å². The average molecular weight is 424 g/mol. The highest BCUT2D eigenvalue weighted by atomic mass is 16.6. The fraction of sp³-hybridized carbons (Fsp3) is 0.458. The number of methoxy groups -OCH3 is 1. The van der Waals surface area contributed by atoms with E-state index in [0.717, 1.165) is 35.4 Å². The summed E-state index contributed by atoms with van der Waals surface area (Å²) in [6, 6.07) is 11.9. The minimum Gasteiger partial charge on any atom is -0.497 e. The van der Waals surface area contributed by atoms with Gasteiger partial charge in [0.15, 0.2) is 11.5 Å². The molecule has 7 nitrogen and oxygen atoms in total. The number of aliphatic hydroxyl groups is 1. The number of anilines is 1. The number of ether oxygens (including phenoxy) is 3. The topological polar surface area (TPSA) is 71.5 Å². The molecule has 5 rings (SSSR count). The van der Waals surface area contributed by atoms with E-state index in [1.807, 2.05) is 41.3 Å². The van der Waals surface area contributed by atoms with Crippen LogP contribution in [0.15, 0.2) is 36.4 Å². The minimum absolute atomic E-state index is 0.176. The number of carbonyl (C=O) groups excluding carboxylic acids is 1. The second-order valence-corrected chi connectivity index (χ2v) is 8.36. The lowest BCUT2D eigenvalue weighted by atomic mass is 10.0. The maximum absolute atomic E-state index is 12.8. The van der Waals surface area contributed by atoms with Crippen LogP contribution < -0.4 is 19.1 Å². The Labute approximate surface area is 182 Å². The molecule has 1 atom stereocenters. The summed E-state index contributed by atoms with van der Waals surface area (Å²) < 4.78 is 16.7. The Morgan fingerprint density at radius 1 is 1.13 bits per heavy atom. The van der Waals surface area contributed by atoms with Crippen molar-refractivity contribution in [1.29, 1.82) is 0 Å². The molecule has 0 bridgehead atoms. The van der Waals surface area contributed by atoms with Crippen LogP contribution in [0.2, 0.25) is 0 Å². The highest BCUT2D eigenvalue weighted by molar-refractivity contribution is 5.79. The Hall–Kier alpha value is -2.93. The van der Waals surface area contributed by atoms with Crippen molar-refractivity contribution < 1.29 is 24.1 Å². The van der Waals surface area contributed by atoms with Gasteiger partial charge in [-0.05, 0) is 54.3 Å². The van der Waals surface area contributed by atoms with Gasteiger partial charge in [-0.15, -0.1) is 0 Å². The quantitative estimate of drug-likeness (QED) is 0.796. The summed E-state index contributed by atoms with van der Waals surface area (Å²) in [6.45, 7) is 2.56. The van der Waals surface area contributed by atoms with Gasteiger partial charge in [-0.25, -0.2) is 0 Å². The monoisotopic (exact) mass is 424 g/mol. The van der Waals surface area contributed by atoms with Crippen molar-refractivity contribution in [3.63, 3.8) is 0 Å². The first-order chi connectivity index (χ1) is 15.1. The van der Waals surface area contributed by atoms with Crippen LogP contribution in [0.25, 0.3) is 0 Å². The van der Waals surface area contributed by atoms with E-state index in [1.54, 1.807) is 7.11 Å². The van der Waals surface area contributed by atoms with Gasteiger partial charge in [-0.3, -0.25) is 4.79 Å². The first-order valence-corrected chi connectivity index (χ1v) is 10.9.